The van der Waals surface area contributed by atoms with Crippen LogP contribution in [0.3, 0.4) is 0 Å². The van der Waals surface area contributed by atoms with Crippen molar-refractivity contribution in [1.82, 2.24) is 14.9 Å². The number of aromatic nitrogens is 2. The molecule has 1 rings (SSSR count). The summed E-state index contributed by atoms with van der Waals surface area (Å²) in [7, 11) is 2.00. The number of aryl methyl sites for hydroxylation is 1. The molecule has 3 nitrogen and oxygen atoms in total. The highest BCUT2D eigenvalue weighted by molar-refractivity contribution is 5.49. The van der Waals surface area contributed by atoms with Crippen LogP contribution in [0.25, 0.3) is 6.08 Å². The molecule has 0 spiro atoms. The van der Waals surface area contributed by atoms with Crippen molar-refractivity contribution in [1.29, 1.82) is 0 Å². The molecule has 1 aromatic heterocycles. The molecule has 0 fully saturated rings. The third-order valence-corrected chi connectivity index (χ3v) is 2.42. The lowest BCUT2D eigenvalue weighted by Gasteiger charge is -2.12. The third-order valence-electron chi connectivity index (χ3n) is 2.42. The molecule has 0 aliphatic carbocycles. The van der Waals surface area contributed by atoms with Gasteiger partial charge in [0.1, 0.15) is 0 Å². The molecule has 1 N–H and O–H groups in total. The number of likely N-dealkylation sites (N-methyl/N-ethyl adjacent to an activating group) is 1. The predicted octanol–water partition coefficient (Wildman–Crippen LogP) is 1.82. The fraction of sp³-hybridized carbons (Fsp3) is 0.545. The van der Waals surface area contributed by atoms with Crippen molar-refractivity contribution in [2.45, 2.75) is 26.8 Å². The van der Waals surface area contributed by atoms with Gasteiger partial charge in [0, 0.05) is 13.1 Å². The van der Waals surface area contributed by atoms with Gasteiger partial charge in [-0.15, -0.1) is 0 Å². The molecule has 1 heterocycles. The van der Waals surface area contributed by atoms with Gasteiger partial charge in [-0.3, -0.25) is 0 Å². The number of rotatable bonds is 4. The molecule has 3 heteroatoms. The van der Waals surface area contributed by atoms with Crippen LogP contribution < -0.4 is 5.32 Å². The van der Waals surface area contributed by atoms with E-state index in [0.717, 1.165) is 12.2 Å². The Bertz CT molecular complexity index is 312. The highest BCUT2D eigenvalue weighted by Crippen LogP contribution is 2.08. The fourth-order valence-corrected chi connectivity index (χ4v) is 1.33. The van der Waals surface area contributed by atoms with Gasteiger partial charge >= 0.3 is 0 Å². The molecule has 0 aromatic carbocycles. The molecule has 0 amide bonds. The van der Waals surface area contributed by atoms with Crippen molar-refractivity contribution in [2.75, 3.05) is 6.54 Å². The molecule has 0 saturated heterocycles. The summed E-state index contributed by atoms with van der Waals surface area (Å²) >= 11 is 0. The normalized spacial score (nSPS) is 14.4. The minimum atomic E-state index is 0.426. The summed E-state index contributed by atoms with van der Waals surface area (Å²) in [5.41, 5.74) is 2.47. The van der Waals surface area contributed by atoms with Gasteiger partial charge in [0.2, 0.25) is 0 Å². The van der Waals surface area contributed by atoms with E-state index in [1.54, 1.807) is 0 Å². The highest BCUT2D eigenvalue weighted by Gasteiger charge is 2.02. The number of hydrogen-bond donors (Lipinski definition) is 1. The van der Waals surface area contributed by atoms with Gasteiger partial charge in [-0.05, 0) is 26.5 Å². The zero-order valence-corrected chi connectivity index (χ0v) is 9.41. The quantitative estimate of drug-likeness (QED) is 0.790. The number of imidazole rings is 1. The van der Waals surface area contributed by atoms with Gasteiger partial charge in [0.05, 0.1) is 18.2 Å². The first-order valence-corrected chi connectivity index (χ1v) is 5.03. The molecular weight excluding hydrogens is 174 g/mol. The van der Waals surface area contributed by atoms with E-state index in [0.29, 0.717) is 6.04 Å². The van der Waals surface area contributed by atoms with Gasteiger partial charge in [0.15, 0.2) is 0 Å². The van der Waals surface area contributed by atoms with Crippen molar-refractivity contribution >= 4 is 6.08 Å². The summed E-state index contributed by atoms with van der Waals surface area (Å²) in [6.45, 7) is 7.43. The molecule has 0 radical (unpaired) electrons. The second kappa shape index (κ2) is 4.96. The molecule has 0 aliphatic heterocycles. The van der Waals surface area contributed by atoms with E-state index >= 15 is 0 Å². The lowest BCUT2D eigenvalue weighted by Crippen LogP contribution is -2.26. The Hall–Kier alpha value is -1.09. The van der Waals surface area contributed by atoms with Crippen LogP contribution in [0.2, 0.25) is 0 Å². The first-order valence-electron chi connectivity index (χ1n) is 5.03. The average Bonchev–Trinajstić information content (AvgIpc) is 2.52. The van der Waals surface area contributed by atoms with Crippen LogP contribution in [0, 0.1) is 0 Å². The predicted molar refractivity (Wildman–Crippen MR) is 60.0 cm³/mol. The summed E-state index contributed by atoms with van der Waals surface area (Å²) in [4.78, 5) is 4.08. The van der Waals surface area contributed by atoms with Gasteiger partial charge in [-0.1, -0.05) is 12.5 Å². The molecule has 1 unspecified atom stereocenters. The van der Waals surface area contributed by atoms with Crippen LogP contribution in [0.1, 0.15) is 26.5 Å². The Labute approximate surface area is 85.8 Å². The zero-order chi connectivity index (χ0) is 10.6. The van der Waals surface area contributed by atoms with Gasteiger partial charge < -0.3 is 9.88 Å². The van der Waals surface area contributed by atoms with Crippen LogP contribution in [-0.4, -0.2) is 22.1 Å². The Morgan fingerprint density at radius 1 is 1.71 bits per heavy atom. The van der Waals surface area contributed by atoms with Crippen LogP contribution in [0.15, 0.2) is 18.1 Å². The van der Waals surface area contributed by atoms with E-state index in [-0.39, 0.29) is 0 Å². The van der Waals surface area contributed by atoms with Gasteiger partial charge in [-0.25, -0.2) is 4.98 Å². The van der Waals surface area contributed by atoms with Crippen LogP contribution in [0.5, 0.6) is 0 Å². The second-order valence-electron chi connectivity index (χ2n) is 3.60. The molecule has 0 bridgehead atoms. The van der Waals surface area contributed by atoms with E-state index in [2.05, 4.69) is 37.1 Å². The first-order chi connectivity index (χ1) is 6.65. The van der Waals surface area contributed by atoms with E-state index in [1.165, 1.54) is 5.57 Å². The van der Waals surface area contributed by atoms with Crippen molar-refractivity contribution in [3.63, 3.8) is 0 Å². The number of hydrogen-bond acceptors (Lipinski definition) is 2. The maximum atomic E-state index is 4.08. The van der Waals surface area contributed by atoms with E-state index in [4.69, 9.17) is 0 Å². The van der Waals surface area contributed by atoms with Gasteiger partial charge in [-0.2, -0.15) is 0 Å². The Morgan fingerprint density at radius 2 is 2.43 bits per heavy atom. The molecular formula is C11H19N3. The van der Waals surface area contributed by atoms with Crippen molar-refractivity contribution in [2.24, 2.45) is 7.05 Å². The van der Waals surface area contributed by atoms with E-state index in [1.807, 2.05) is 24.1 Å². The second-order valence-corrected chi connectivity index (χ2v) is 3.60. The molecule has 1 aromatic rings. The zero-order valence-electron chi connectivity index (χ0n) is 9.41. The largest absolute Gasteiger partial charge is 0.334 e. The van der Waals surface area contributed by atoms with Crippen LogP contribution >= 0.6 is 0 Å². The molecule has 78 valence electrons. The summed E-state index contributed by atoms with van der Waals surface area (Å²) in [5, 5.41) is 3.38. The smallest absolute Gasteiger partial charge is 0.0948 e. The van der Waals surface area contributed by atoms with Crippen molar-refractivity contribution < 1.29 is 0 Å². The van der Waals surface area contributed by atoms with Gasteiger partial charge in [0.25, 0.3) is 0 Å². The number of nitrogens with one attached hydrogen (secondary N) is 1. The molecule has 0 saturated carbocycles. The minimum Gasteiger partial charge on any atom is -0.334 e. The lowest BCUT2D eigenvalue weighted by molar-refractivity contribution is 0.636. The topological polar surface area (TPSA) is 29.9 Å². The minimum absolute atomic E-state index is 0.426. The summed E-state index contributed by atoms with van der Waals surface area (Å²) in [5.74, 6) is 0. The number of nitrogens with zero attached hydrogens (tertiary/aromatic N) is 2. The van der Waals surface area contributed by atoms with E-state index < -0.39 is 0 Å². The molecule has 1 atom stereocenters. The van der Waals surface area contributed by atoms with Crippen molar-refractivity contribution in [3.05, 3.63) is 23.8 Å². The monoisotopic (exact) mass is 193 g/mol. The standard InChI is InChI=1S/C11H19N3/c1-5-13-10(3)9(2)6-11-7-12-8-14(11)4/h6-8,10,13H,5H2,1-4H3. The summed E-state index contributed by atoms with van der Waals surface area (Å²) in [6.07, 6.45) is 5.86. The Balaban J connectivity index is 2.73. The third kappa shape index (κ3) is 2.70. The maximum Gasteiger partial charge on any atom is 0.0948 e. The first kappa shape index (κ1) is 11.0. The molecule has 0 aliphatic rings. The summed E-state index contributed by atoms with van der Waals surface area (Å²) < 4.78 is 2.02. The lowest BCUT2D eigenvalue weighted by atomic mass is 10.1. The van der Waals surface area contributed by atoms with Crippen molar-refractivity contribution in [3.8, 4) is 0 Å². The SMILES string of the molecule is CCNC(C)C(C)=Cc1cncn1C. The van der Waals surface area contributed by atoms with E-state index in [9.17, 15) is 0 Å². The summed E-state index contributed by atoms with van der Waals surface area (Å²) in [6, 6.07) is 0.426. The average molecular weight is 193 g/mol. The van der Waals surface area contributed by atoms with Crippen LogP contribution in [-0.2, 0) is 7.05 Å². The Morgan fingerprint density at radius 3 is 2.93 bits per heavy atom. The van der Waals surface area contributed by atoms with Crippen LogP contribution in [0.4, 0.5) is 0 Å². The highest BCUT2D eigenvalue weighted by atomic mass is 15.0. The maximum absolute atomic E-state index is 4.08. The molecule has 14 heavy (non-hydrogen) atoms. The fourth-order valence-electron chi connectivity index (χ4n) is 1.33. The Kier molecular flexibility index (Phi) is 3.89.